The summed E-state index contributed by atoms with van der Waals surface area (Å²) in [6.45, 7) is -0.484. The van der Waals surface area contributed by atoms with Gasteiger partial charge < -0.3 is 10.4 Å². The van der Waals surface area contributed by atoms with Crippen molar-refractivity contribution in [1.82, 2.24) is 0 Å². The fourth-order valence-corrected chi connectivity index (χ4v) is 1.14. The van der Waals surface area contributed by atoms with Gasteiger partial charge in [0.05, 0.1) is 10.7 Å². The number of halogens is 3. The van der Waals surface area contributed by atoms with E-state index in [0.717, 1.165) is 6.07 Å². The fourth-order valence-electron chi connectivity index (χ4n) is 0.875. The van der Waals surface area contributed by atoms with E-state index in [9.17, 15) is 13.6 Å². The van der Waals surface area contributed by atoms with Gasteiger partial charge in [0.2, 0.25) is 0 Å². The van der Waals surface area contributed by atoms with Crippen LogP contribution in [0.4, 0.5) is 14.5 Å². The highest BCUT2D eigenvalue weighted by Gasteiger charge is 2.10. The number of carboxylic acids is 1. The van der Waals surface area contributed by atoms with E-state index in [0.29, 0.717) is 6.07 Å². The van der Waals surface area contributed by atoms with E-state index >= 15 is 0 Å². The molecule has 76 valence electrons. The number of carbonyl (C=O) groups is 1. The molecule has 0 atom stereocenters. The van der Waals surface area contributed by atoms with Crippen molar-refractivity contribution in [3.63, 3.8) is 0 Å². The van der Waals surface area contributed by atoms with E-state index in [2.05, 4.69) is 5.32 Å². The zero-order valence-corrected chi connectivity index (χ0v) is 7.61. The zero-order chi connectivity index (χ0) is 10.7. The van der Waals surface area contributed by atoms with Crippen LogP contribution in [0.3, 0.4) is 0 Å². The van der Waals surface area contributed by atoms with E-state index in [-0.39, 0.29) is 10.7 Å². The van der Waals surface area contributed by atoms with Crippen molar-refractivity contribution in [1.29, 1.82) is 0 Å². The number of hydrogen-bond donors (Lipinski definition) is 2. The van der Waals surface area contributed by atoms with E-state index in [1.165, 1.54) is 0 Å². The molecule has 0 saturated carbocycles. The van der Waals surface area contributed by atoms with Gasteiger partial charge in [-0.25, -0.2) is 8.78 Å². The minimum absolute atomic E-state index is 0.191. The SMILES string of the molecule is O=C(O)CNc1c(F)cc(F)cc1Cl. The third-order valence-electron chi connectivity index (χ3n) is 1.42. The lowest BCUT2D eigenvalue weighted by Gasteiger charge is -2.06. The topological polar surface area (TPSA) is 49.3 Å². The summed E-state index contributed by atoms with van der Waals surface area (Å²) in [5, 5.41) is 10.4. The highest BCUT2D eigenvalue weighted by molar-refractivity contribution is 6.33. The molecule has 6 heteroatoms. The van der Waals surface area contributed by atoms with E-state index in [4.69, 9.17) is 16.7 Å². The second kappa shape index (κ2) is 4.23. The van der Waals surface area contributed by atoms with Crippen LogP contribution in [0.5, 0.6) is 0 Å². The third-order valence-corrected chi connectivity index (χ3v) is 1.72. The van der Waals surface area contributed by atoms with Crippen LogP contribution in [-0.4, -0.2) is 17.6 Å². The normalized spacial score (nSPS) is 9.93. The van der Waals surface area contributed by atoms with Crippen LogP contribution in [0.2, 0.25) is 5.02 Å². The highest BCUT2D eigenvalue weighted by Crippen LogP contribution is 2.25. The Balaban J connectivity index is 2.91. The summed E-state index contributed by atoms with van der Waals surface area (Å²) in [7, 11) is 0. The van der Waals surface area contributed by atoms with Gasteiger partial charge in [-0.15, -0.1) is 0 Å². The van der Waals surface area contributed by atoms with Gasteiger partial charge in [-0.1, -0.05) is 11.6 Å². The first kappa shape index (κ1) is 10.7. The number of carboxylic acid groups (broad SMARTS) is 1. The van der Waals surface area contributed by atoms with Gasteiger partial charge in [-0.05, 0) is 6.07 Å². The maximum Gasteiger partial charge on any atom is 0.322 e. The van der Waals surface area contributed by atoms with Gasteiger partial charge in [0.25, 0.3) is 0 Å². The van der Waals surface area contributed by atoms with Crippen LogP contribution in [0, 0.1) is 11.6 Å². The largest absolute Gasteiger partial charge is 0.480 e. The van der Waals surface area contributed by atoms with Crippen LogP contribution in [-0.2, 0) is 4.79 Å². The molecule has 14 heavy (non-hydrogen) atoms. The minimum Gasteiger partial charge on any atom is -0.480 e. The van der Waals surface area contributed by atoms with E-state index in [1.54, 1.807) is 0 Å². The third kappa shape index (κ3) is 2.56. The molecule has 0 aliphatic heterocycles. The molecule has 2 N–H and O–H groups in total. The molecule has 0 saturated heterocycles. The Hall–Kier alpha value is -1.36. The van der Waals surface area contributed by atoms with Crippen LogP contribution < -0.4 is 5.32 Å². The summed E-state index contributed by atoms with van der Waals surface area (Å²) in [5.74, 6) is -2.89. The summed E-state index contributed by atoms with van der Waals surface area (Å²) < 4.78 is 25.5. The van der Waals surface area contributed by atoms with Gasteiger partial charge in [-0.2, -0.15) is 0 Å². The first-order valence-corrected chi connectivity index (χ1v) is 3.98. The quantitative estimate of drug-likeness (QED) is 0.822. The smallest absolute Gasteiger partial charge is 0.322 e. The summed E-state index contributed by atoms with van der Waals surface area (Å²) in [6, 6.07) is 1.52. The van der Waals surface area contributed by atoms with Crippen molar-refractivity contribution < 1.29 is 18.7 Å². The van der Waals surface area contributed by atoms with Crippen molar-refractivity contribution in [3.05, 3.63) is 28.8 Å². The maximum atomic E-state index is 13.0. The minimum atomic E-state index is -1.16. The molecule has 0 fully saturated rings. The summed E-state index contributed by atoms with van der Waals surface area (Å²) in [5.41, 5.74) is -0.213. The lowest BCUT2D eigenvalue weighted by molar-refractivity contribution is -0.134. The molecule has 1 aromatic carbocycles. The second-order valence-corrected chi connectivity index (χ2v) is 2.90. The molecule has 1 aromatic rings. The average molecular weight is 222 g/mol. The van der Waals surface area contributed by atoms with Crippen LogP contribution >= 0.6 is 11.6 Å². The number of nitrogens with one attached hydrogen (secondary N) is 1. The Morgan fingerprint density at radius 2 is 2.14 bits per heavy atom. The standard InChI is InChI=1S/C8H6ClF2NO2/c9-5-1-4(10)2-6(11)8(5)12-3-7(13)14/h1-2,12H,3H2,(H,13,14). The monoisotopic (exact) mass is 221 g/mol. The van der Waals surface area contributed by atoms with Gasteiger partial charge in [-0.3, -0.25) is 4.79 Å². The molecule has 3 nitrogen and oxygen atoms in total. The van der Waals surface area contributed by atoms with Gasteiger partial charge in [0, 0.05) is 6.07 Å². The molecule has 0 aliphatic rings. The fraction of sp³-hybridized carbons (Fsp3) is 0.125. The summed E-state index contributed by atoms with van der Waals surface area (Å²) >= 11 is 5.48. The lowest BCUT2D eigenvalue weighted by Crippen LogP contribution is -2.13. The van der Waals surface area contributed by atoms with Crippen molar-refractivity contribution >= 4 is 23.3 Å². The molecule has 0 aliphatic carbocycles. The molecule has 0 spiro atoms. The first-order chi connectivity index (χ1) is 6.50. The Bertz CT molecular complexity index is 347. The number of aliphatic carboxylic acids is 1. The average Bonchev–Trinajstić information content (AvgIpc) is 2.01. The van der Waals surface area contributed by atoms with Crippen molar-refractivity contribution in [2.24, 2.45) is 0 Å². The lowest BCUT2D eigenvalue weighted by atomic mass is 10.3. The van der Waals surface area contributed by atoms with Gasteiger partial charge in [0.15, 0.2) is 5.82 Å². The molecule has 0 radical (unpaired) electrons. The Morgan fingerprint density at radius 3 is 2.64 bits per heavy atom. The zero-order valence-electron chi connectivity index (χ0n) is 6.85. The summed E-state index contributed by atoms with van der Waals surface area (Å²) in [6.07, 6.45) is 0. The second-order valence-electron chi connectivity index (χ2n) is 2.49. The highest BCUT2D eigenvalue weighted by atomic mass is 35.5. The molecular weight excluding hydrogens is 216 g/mol. The summed E-state index contributed by atoms with van der Waals surface area (Å²) in [4.78, 5) is 10.2. The van der Waals surface area contributed by atoms with Crippen LogP contribution in [0.1, 0.15) is 0 Å². The Morgan fingerprint density at radius 1 is 1.50 bits per heavy atom. The molecule has 0 amide bonds. The number of anilines is 1. The van der Waals surface area contributed by atoms with Crippen LogP contribution in [0.25, 0.3) is 0 Å². The van der Waals surface area contributed by atoms with Gasteiger partial charge >= 0.3 is 5.97 Å². The predicted octanol–water partition coefficient (Wildman–Crippen LogP) is 2.11. The number of rotatable bonds is 3. The van der Waals surface area contributed by atoms with Crippen molar-refractivity contribution in [2.75, 3.05) is 11.9 Å². The molecule has 0 aromatic heterocycles. The molecule has 1 rings (SSSR count). The number of benzene rings is 1. The maximum absolute atomic E-state index is 13.0. The van der Waals surface area contributed by atoms with E-state index in [1.807, 2.05) is 0 Å². The Labute approximate surface area is 83.3 Å². The Kier molecular flexibility index (Phi) is 3.24. The predicted molar refractivity (Wildman–Crippen MR) is 47.5 cm³/mol. The molecule has 0 bridgehead atoms. The van der Waals surface area contributed by atoms with E-state index < -0.39 is 24.1 Å². The number of hydrogen-bond acceptors (Lipinski definition) is 2. The molecule has 0 heterocycles. The van der Waals surface area contributed by atoms with Crippen molar-refractivity contribution in [2.45, 2.75) is 0 Å². The first-order valence-electron chi connectivity index (χ1n) is 3.61. The molecule has 0 unspecified atom stereocenters. The van der Waals surface area contributed by atoms with Crippen molar-refractivity contribution in [3.8, 4) is 0 Å². The molecular formula is C8H6ClF2NO2. The van der Waals surface area contributed by atoms with Crippen LogP contribution in [0.15, 0.2) is 12.1 Å². The van der Waals surface area contributed by atoms with Gasteiger partial charge in [0.1, 0.15) is 12.4 Å².